The van der Waals surface area contributed by atoms with Crippen LogP contribution < -0.4 is 10.6 Å². The van der Waals surface area contributed by atoms with E-state index in [1.54, 1.807) is 36.4 Å². The van der Waals surface area contributed by atoms with Gasteiger partial charge in [-0.1, -0.05) is 65.7 Å². The highest BCUT2D eigenvalue weighted by Crippen LogP contribution is 2.45. The summed E-state index contributed by atoms with van der Waals surface area (Å²) in [7, 11) is 0. The molecule has 0 amide bonds. The van der Waals surface area contributed by atoms with Crippen molar-refractivity contribution in [3.05, 3.63) is 105 Å². The molecule has 1 aliphatic carbocycles. The topological polar surface area (TPSA) is 58.2 Å². The zero-order chi connectivity index (χ0) is 22.2. The molecule has 3 aromatic carbocycles. The Labute approximate surface area is 196 Å². The van der Waals surface area contributed by atoms with Gasteiger partial charge >= 0.3 is 0 Å². The highest BCUT2D eigenvalue weighted by molar-refractivity contribution is 6.36. The highest BCUT2D eigenvalue weighted by Gasteiger charge is 2.39. The number of hydrogen-bond donors (Lipinski definition) is 2. The molecule has 0 unspecified atom stereocenters. The fourth-order valence-electron chi connectivity index (χ4n) is 4.44. The summed E-state index contributed by atoms with van der Waals surface area (Å²) >= 11 is 13.1. The summed E-state index contributed by atoms with van der Waals surface area (Å²) in [6.07, 6.45) is 3.18. The fraction of sp³-hybridized carbons (Fsp3) is 0.154. The van der Waals surface area contributed by atoms with Gasteiger partial charge in [0, 0.05) is 38.9 Å². The molecule has 6 heteroatoms. The number of nitrogens with one attached hydrogen (secondary N) is 2. The molecule has 2 atom stereocenters. The van der Waals surface area contributed by atoms with Gasteiger partial charge < -0.3 is 10.6 Å². The first-order valence-electron chi connectivity index (χ1n) is 10.5. The van der Waals surface area contributed by atoms with Crippen LogP contribution in [0.4, 0.5) is 11.4 Å². The molecule has 0 spiro atoms. The molecule has 160 valence electrons. The summed E-state index contributed by atoms with van der Waals surface area (Å²) in [5, 5.41) is 7.92. The maximum atomic E-state index is 13.0. The standard InChI is InChI=1S/C26H20Cl2N2O2/c27-17-8-4-9-18(28)23(17)25-24-20(10-5-11-22(24)31)29-21-14-16(12-13-19(21)30-25)26(32)15-6-2-1-3-7-15/h1-4,6-10,12-14,24-25,29-30H,5,11H2/t24-,25-/m0/s1. The van der Waals surface area contributed by atoms with Gasteiger partial charge in [0.2, 0.25) is 0 Å². The van der Waals surface area contributed by atoms with Crippen LogP contribution in [0.15, 0.2) is 78.5 Å². The third-order valence-corrected chi connectivity index (χ3v) is 6.65. The molecular formula is C26H20Cl2N2O2. The number of fused-ring (bicyclic) bond motifs is 2. The molecule has 0 fully saturated rings. The van der Waals surface area contributed by atoms with Gasteiger partial charge in [-0.05, 0) is 36.8 Å². The van der Waals surface area contributed by atoms with E-state index in [2.05, 4.69) is 10.6 Å². The van der Waals surface area contributed by atoms with Crippen LogP contribution >= 0.6 is 23.2 Å². The normalized spacial score (nSPS) is 19.6. The van der Waals surface area contributed by atoms with Crippen LogP contribution in [0.3, 0.4) is 0 Å². The SMILES string of the molecule is O=C(c1ccccc1)c1ccc2c(c1)NC1=CCCC(=O)[C@H]1[C@H](c1c(Cl)cccc1Cl)N2. The number of carbonyl (C=O) groups is 2. The molecule has 0 bridgehead atoms. The van der Waals surface area contributed by atoms with Crippen molar-refractivity contribution >= 4 is 46.1 Å². The number of rotatable bonds is 3. The minimum absolute atomic E-state index is 0.0598. The van der Waals surface area contributed by atoms with Crippen molar-refractivity contribution in [2.45, 2.75) is 18.9 Å². The molecule has 4 nitrogen and oxygen atoms in total. The van der Waals surface area contributed by atoms with Gasteiger partial charge in [0.05, 0.1) is 23.3 Å². The zero-order valence-corrected chi connectivity index (χ0v) is 18.6. The molecule has 0 radical (unpaired) electrons. The Morgan fingerprint density at radius 3 is 2.38 bits per heavy atom. The summed E-state index contributed by atoms with van der Waals surface area (Å²) < 4.78 is 0. The lowest BCUT2D eigenvalue weighted by Crippen LogP contribution is -2.32. The lowest BCUT2D eigenvalue weighted by Gasteiger charge is -2.30. The molecular weight excluding hydrogens is 443 g/mol. The quantitative estimate of drug-likeness (QED) is 0.426. The molecule has 1 aliphatic heterocycles. The summed E-state index contributed by atoms with van der Waals surface area (Å²) in [6, 6.07) is 19.6. The number of anilines is 2. The molecule has 2 N–H and O–H groups in total. The molecule has 5 rings (SSSR count). The average molecular weight is 463 g/mol. The van der Waals surface area contributed by atoms with Crippen LogP contribution in [0.5, 0.6) is 0 Å². The maximum absolute atomic E-state index is 13.0. The van der Waals surface area contributed by atoms with E-state index in [1.165, 1.54) is 0 Å². The molecule has 0 saturated heterocycles. The Hall–Kier alpha value is -3.08. The van der Waals surface area contributed by atoms with Crippen LogP contribution in [0.1, 0.15) is 40.4 Å². The molecule has 2 aliphatic rings. The Morgan fingerprint density at radius 1 is 0.875 bits per heavy atom. The predicted octanol–water partition coefficient (Wildman–Crippen LogP) is 6.67. The average Bonchev–Trinajstić information content (AvgIpc) is 2.96. The number of hydrogen-bond acceptors (Lipinski definition) is 4. The minimum atomic E-state index is -0.457. The van der Waals surface area contributed by atoms with E-state index in [0.717, 1.165) is 17.1 Å². The minimum Gasteiger partial charge on any atom is -0.375 e. The third kappa shape index (κ3) is 3.70. The van der Waals surface area contributed by atoms with Gasteiger partial charge in [0.15, 0.2) is 5.78 Å². The largest absolute Gasteiger partial charge is 0.375 e. The zero-order valence-electron chi connectivity index (χ0n) is 17.1. The molecule has 32 heavy (non-hydrogen) atoms. The van der Waals surface area contributed by atoms with Gasteiger partial charge in [-0.15, -0.1) is 0 Å². The monoisotopic (exact) mass is 462 g/mol. The van der Waals surface area contributed by atoms with E-state index in [9.17, 15) is 9.59 Å². The Morgan fingerprint density at radius 2 is 1.62 bits per heavy atom. The first-order chi connectivity index (χ1) is 15.5. The number of carbonyl (C=O) groups excluding carboxylic acids is 2. The number of halogens is 2. The fourth-order valence-corrected chi connectivity index (χ4v) is 5.08. The summed E-state index contributed by atoms with van der Waals surface area (Å²) in [5.41, 5.74) is 4.21. The third-order valence-electron chi connectivity index (χ3n) is 5.99. The Kier molecular flexibility index (Phi) is 5.50. The lowest BCUT2D eigenvalue weighted by atomic mass is 9.82. The van der Waals surface area contributed by atoms with E-state index in [0.29, 0.717) is 39.6 Å². The van der Waals surface area contributed by atoms with Crippen LogP contribution in [-0.4, -0.2) is 11.6 Å². The number of Topliss-reactive ketones (excluding diaryl/α,β-unsaturated/α-hetero) is 1. The predicted molar refractivity (Wildman–Crippen MR) is 129 cm³/mol. The van der Waals surface area contributed by atoms with E-state index in [-0.39, 0.29) is 11.6 Å². The van der Waals surface area contributed by atoms with Crippen molar-refractivity contribution in [3.8, 4) is 0 Å². The van der Waals surface area contributed by atoms with E-state index in [1.807, 2.05) is 36.4 Å². The Bertz CT molecular complexity index is 1230. The second kappa shape index (κ2) is 8.45. The van der Waals surface area contributed by atoms with Gasteiger partial charge in [-0.25, -0.2) is 0 Å². The summed E-state index contributed by atoms with van der Waals surface area (Å²) in [4.78, 5) is 26.0. The van der Waals surface area contributed by atoms with Crippen LogP contribution in [0.25, 0.3) is 0 Å². The van der Waals surface area contributed by atoms with Gasteiger partial charge in [-0.3, -0.25) is 9.59 Å². The second-order valence-electron chi connectivity index (χ2n) is 7.98. The van der Waals surface area contributed by atoms with E-state index >= 15 is 0 Å². The first kappa shape index (κ1) is 20.8. The molecule has 1 heterocycles. The van der Waals surface area contributed by atoms with Gasteiger partial charge in [0.1, 0.15) is 5.78 Å². The molecule has 0 saturated carbocycles. The maximum Gasteiger partial charge on any atom is 0.193 e. The van der Waals surface area contributed by atoms with Gasteiger partial charge in [-0.2, -0.15) is 0 Å². The van der Waals surface area contributed by atoms with Crippen LogP contribution in [-0.2, 0) is 4.79 Å². The van der Waals surface area contributed by atoms with E-state index in [4.69, 9.17) is 23.2 Å². The first-order valence-corrected chi connectivity index (χ1v) is 11.2. The Balaban J connectivity index is 1.61. The summed E-state index contributed by atoms with van der Waals surface area (Å²) in [5.74, 6) is -0.394. The number of benzene rings is 3. The smallest absolute Gasteiger partial charge is 0.193 e. The second-order valence-corrected chi connectivity index (χ2v) is 8.79. The van der Waals surface area contributed by atoms with Crippen LogP contribution in [0.2, 0.25) is 10.0 Å². The van der Waals surface area contributed by atoms with Crippen LogP contribution in [0, 0.1) is 5.92 Å². The summed E-state index contributed by atoms with van der Waals surface area (Å²) in [6.45, 7) is 0. The lowest BCUT2D eigenvalue weighted by molar-refractivity contribution is -0.122. The van der Waals surface area contributed by atoms with Crippen molar-refractivity contribution in [1.29, 1.82) is 0 Å². The van der Waals surface area contributed by atoms with Crippen molar-refractivity contribution in [1.82, 2.24) is 0 Å². The molecule has 3 aromatic rings. The van der Waals surface area contributed by atoms with Crippen molar-refractivity contribution in [3.63, 3.8) is 0 Å². The van der Waals surface area contributed by atoms with E-state index < -0.39 is 12.0 Å². The molecule has 0 aromatic heterocycles. The number of allylic oxidation sites excluding steroid dienone is 1. The van der Waals surface area contributed by atoms with Crippen molar-refractivity contribution < 1.29 is 9.59 Å². The van der Waals surface area contributed by atoms with Gasteiger partial charge in [0.25, 0.3) is 0 Å². The van der Waals surface area contributed by atoms with Crippen molar-refractivity contribution in [2.75, 3.05) is 10.6 Å². The number of ketones is 2. The van der Waals surface area contributed by atoms with Crippen molar-refractivity contribution in [2.24, 2.45) is 5.92 Å². The highest BCUT2D eigenvalue weighted by atomic mass is 35.5.